The van der Waals surface area contributed by atoms with E-state index in [1.165, 1.54) is 10.6 Å². The Bertz CT molecular complexity index is 683. The molecule has 0 fully saturated rings. The Balaban J connectivity index is 2.55. The van der Waals surface area contributed by atoms with E-state index in [2.05, 4.69) is 4.98 Å². The number of aromatic nitrogens is 2. The highest BCUT2D eigenvalue weighted by Gasteiger charge is 2.25. The monoisotopic (exact) mass is 290 g/mol. The van der Waals surface area contributed by atoms with E-state index < -0.39 is 17.7 Å². The van der Waals surface area contributed by atoms with Crippen LogP contribution in [0.1, 0.15) is 38.2 Å². The Morgan fingerprint density at radius 3 is 2.67 bits per heavy atom. The summed E-state index contributed by atoms with van der Waals surface area (Å²) in [6, 6.07) is 4.92. The molecule has 0 aliphatic heterocycles. The van der Waals surface area contributed by atoms with Gasteiger partial charge in [0.25, 0.3) is 0 Å². The second-order valence-corrected chi connectivity index (χ2v) is 5.47. The first-order chi connectivity index (χ1) is 9.83. The zero-order valence-corrected chi connectivity index (χ0v) is 12.5. The Hall–Kier alpha value is -2.37. The van der Waals surface area contributed by atoms with Crippen molar-refractivity contribution in [3.05, 3.63) is 30.1 Å². The average Bonchev–Trinajstić information content (AvgIpc) is 2.76. The molecule has 2 heterocycles. The molecule has 0 unspecified atom stereocenters. The van der Waals surface area contributed by atoms with Crippen molar-refractivity contribution in [2.24, 2.45) is 0 Å². The normalized spacial score (nSPS) is 11.4. The lowest BCUT2D eigenvalue weighted by Gasteiger charge is -2.20. The van der Waals surface area contributed by atoms with E-state index in [1.807, 2.05) is 0 Å². The van der Waals surface area contributed by atoms with Crippen LogP contribution in [0.2, 0.25) is 0 Å². The van der Waals surface area contributed by atoms with Gasteiger partial charge in [-0.05, 0) is 45.9 Å². The van der Waals surface area contributed by atoms with Crippen molar-refractivity contribution in [1.82, 2.24) is 9.55 Å². The number of nitrogens with zero attached hydrogens (tertiary/aromatic N) is 2. The van der Waals surface area contributed by atoms with Crippen molar-refractivity contribution < 1.29 is 19.1 Å². The molecule has 0 aliphatic rings. The van der Waals surface area contributed by atoms with Crippen LogP contribution in [0.5, 0.6) is 0 Å². The summed E-state index contributed by atoms with van der Waals surface area (Å²) in [5, 5.41) is 0. The molecular formula is C15H18N2O4. The van der Waals surface area contributed by atoms with Gasteiger partial charge in [0, 0.05) is 6.20 Å². The molecule has 0 spiro atoms. The van der Waals surface area contributed by atoms with Gasteiger partial charge in [-0.3, -0.25) is 4.98 Å². The smallest absolute Gasteiger partial charge is 0.419 e. The molecule has 112 valence electrons. The van der Waals surface area contributed by atoms with E-state index in [4.69, 9.17) is 9.47 Å². The van der Waals surface area contributed by atoms with Gasteiger partial charge in [0.15, 0.2) is 0 Å². The minimum atomic E-state index is -0.665. The standard InChI is InChI=1S/C15H18N2O4/c1-5-20-13(18)12-9-10-11(7-6-8-16-10)17(12)14(19)21-15(2,3)4/h6-9H,5H2,1-4H3. The Labute approximate surface area is 122 Å². The lowest BCUT2D eigenvalue weighted by Crippen LogP contribution is -2.29. The van der Waals surface area contributed by atoms with Crippen LogP contribution < -0.4 is 0 Å². The zero-order chi connectivity index (χ0) is 15.6. The van der Waals surface area contributed by atoms with E-state index in [-0.39, 0.29) is 12.3 Å². The summed E-state index contributed by atoms with van der Waals surface area (Å²) in [7, 11) is 0. The molecule has 0 saturated carbocycles. The van der Waals surface area contributed by atoms with Gasteiger partial charge in [-0.2, -0.15) is 0 Å². The van der Waals surface area contributed by atoms with E-state index in [0.29, 0.717) is 11.0 Å². The summed E-state index contributed by atoms with van der Waals surface area (Å²) in [6.45, 7) is 7.22. The van der Waals surface area contributed by atoms with Crippen LogP contribution in [0, 0.1) is 0 Å². The first-order valence-electron chi connectivity index (χ1n) is 6.70. The molecule has 2 aromatic heterocycles. The highest BCUT2D eigenvalue weighted by Crippen LogP contribution is 2.21. The number of fused-ring (bicyclic) bond motifs is 1. The highest BCUT2D eigenvalue weighted by atomic mass is 16.6. The first-order valence-corrected chi connectivity index (χ1v) is 6.70. The largest absolute Gasteiger partial charge is 0.461 e. The van der Waals surface area contributed by atoms with Gasteiger partial charge < -0.3 is 9.47 Å². The highest BCUT2D eigenvalue weighted by molar-refractivity contribution is 6.00. The minimum Gasteiger partial charge on any atom is -0.461 e. The second-order valence-electron chi connectivity index (χ2n) is 5.47. The van der Waals surface area contributed by atoms with Crippen LogP contribution in [0.4, 0.5) is 4.79 Å². The van der Waals surface area contributed by atoms with Gasteiger partial charge in [-0.15, -0.1) is 0 Å². The summed E-state index contributed by atoms with van der Waals surface area (Å²) in [6.07, 6.45) is 0.963. The number of hydrogen-bond donors (Lipinski definition) is 0. The first kappa shape index (κ1) is 15.0. The molecule has 0 saturated heterocycles. The molecule has 0 N–H and O–H groups in total. The predicted octanol–water partition coefficient (Wildman–Crippen LogP) is 3.00. The topological polar surface area (TPSA) is 70.4 Å². The molecule has 2 aromatic rings. The maximum atomic E-state index is 12.4. The number of rotatable bonds is 2. The van der Waals surface area contributed by atoms with E-state index in [0.717, 1.165) is 0 Å². The lowest BCUT2D eigenvalue weighted by molar-refractivity contribution is 0.0454. The molecule has 0 amide bonds. The van der Waals surface area contributed by atoms with Gasteiger partial charge in [-0.25, -0.2) is 14.2 Å². The molecule has 6 heteroatoms. The van der Waals surface area contributed by atoms with Crippen LogP contribution in [-0.4, -0.2) is 33.8 Å². The Kier molecular flexibility index (Phi) is 3.97. The fraction of sp³-hybridized carbons (Fsp3) is 0.400. The summed E-state index contributed by atoms with van der Waals surface area (Å²) in [5.41, 5.74) is 0.489. The fourth-order valence-electron chi connectivity index (χ4n) is 1.89. The number of ether oxygens (including phenoxy) is 2. The van der Waals surface area contributed by atoms with Crippen LogP contribution in [0.3, 0.4) is 0 Å². The third kappa shape index (κ3) is 3.21. The summed E-state index contributed by atoms with van der Waals surface area (Å²) >= 11 is 0. The van der Waals surface area contributed by atoms with Crippen LogP contribution in [-0.2, 0) is 9.47 Å². The van der Waals surface area contributed by atoms with Gasteiger partial charge in [-0.1, -0.05) is 0 Å². The van der Waals surface area contributed by atoms with Crippen LogP contribution in [0.25, 0.3) is 11.0 Å². The number of carbonyl (C=O) groups excluding carboxylic acids is 2. The van der Waals surface area contributed by atoms with Crippen molar-refractivity contribution in [3.8, 4) is 0 Å². The third-order valence-electron chi connectivity index (χ3n) is 2.63. The van der Waals surface area contributed by atoms with E-state index in [9.17, 15) is 9.59 Å². The molecular weight excluding hydrogens is 272 g/mol. The molecule has 0 atom stereocenters. The van der Waals surface area contributed by atoms with Gasteiger partial charge in [0.1, 0.15) is 11.3 Å². The fourth-order valence-corrected chi connectivity index (χ4v) is 1.89. The molecule has 0 radical (unpaired) electrons. The Morgan fingerprint density at radius 2 is 2.05 bits per heavy atom. The van der Waals surface area contributed by atoms with Crippen LogP contribution in [0.15, 0.2) is 24.4 Å². The lowest BCUT2D eigenvalue weighted by atomic mass is 10.2. The molecule has 6 nitrogen and oxygen atoms in total. The maximum Gasteiger partial charge on any atom is 0.419 e. The van der Waals surface area contributed by atoms with Crippen LogP contribution >= 0.6 is 0 Å². The predicted molar refractivity (Wildman–Crippen MR) is 77.3 cm³/mol. The number of pyridine rings is 1. The summed E-state index contributed by atoms with van der Waals surface area (Å²) in [4.78, 5) is 28.5. The third-order valence-corrected chi connectivity index (χ3v) is 2.63. The molecule has 21 heavy (non-hydrogen) atoms. The average molecular weight is 290 g/mol. The van der Waals surface area contributed by atoms with Crippen molar-refractivity contribution in [3.63, 3.8) is 0 Å². The number of hydrogen-bond acceptors (Lipinski definition) is 5. The summed E-state index contributed by atoms with van der Waals surface area (Å²) < 4.78 is 11.5. The SMILES string of the molecule is CCOC(=O)c1cc2ncccc2n1C(=O)OC(C)(C)C. The number of carbonyl (C=O) groups is 2. The molecule has 0 aliphatic carbocycles. The quantitative estimate of drug-likeness (QED) is 0.795. The van der Waals surface area contributed by atoms with Gasteiger partial charge in [0.05, 0.1) is 17.6 Å². The second kappa shape index (κ2) is 5.55. The van der Waals surface area contributed by atoms with Crippen molar-refractivity contribution in [2.75, 3.05) is 6.61 Å². The van der Waals surface area contributed by atoms with Gasteiger partial charge in [0.2, 0.25) is 0 Å². The van der Waals surface area contributed by atoms with Crippen molar-refractivity contribution in [1.29, 1.82) is 0 Å². The molecule has 0 aromatic carbocycles. The zero-order valence-electron chi connectivity index (χ0n) is 12.5. The van der Waals surface area contributed by atoms with Crippen molar-refractivity contribution >= 4 is 23.1 Å². The molecule has 0 bridgehead atoms. The van der Waals surface area contributed by atoms with Crippen molar-refractivity contribution in [2.45, 2.75) is 33.3 Å². The summed E-state index contributed by atoms with van der Waals surface area (Å²) in [5.74, 6) is -0.582. The minimum absolute atomic E-state index is 0.111. The Morgan fingerprint density at radius 1 is 1.33 bits per heavy atom. The van der Waals surface area contributed by atoms with E-state index in [1.54, 1.807) is 46.0 Å². The maximum absolute atomic E-state index is 12.4. The number of esters is 1. The molecule has 2 rings (SSSR count). The van der Waals surface area contributed by atoms with Gasteiger partial charge >= 0.3 is 12.1 Å². The van der Waals surface area contributed by atoms with E-state index >= 15 is 0 Å².